The van der Waals surface area contributed by atoms with Gasteiger partial charge in [-0.25, -0.2) is 8.78 Å². The summed E-state index contributed by atoms with van der Waals surface area (Å²) in [5.74, 6) is 0.625. The van der Waals surface area contributed by atoms with Crippen molar-refractivity contribution in [3.63, 3.8) is 0 Å². The summed E-state index contributed by atoms with van der Waals surface area (Å²) < 4.78 is 28.0. The molecule has 2 aromatic carbocycles. The Hall–Kier alpha value is -2.96. The van der Waals surface area contributed by atoms with Gasteiger partial charge in [-0.1, -0.05) is 0 Å². The van der Waals surface area contributed by atoms with Crippen molar-refractivity contribution in [3.8, 4) is 0 Å². The third-order valence-corrected chi connectivity index (χ3v) is 3.86. The first-order chi connectivity index (χ1) is 11.5. The second-order valence-electron chi connectivity index (χ2n) is 5.43. The first kappa shape index (κ1) is 15.9. The number of hydrogen-bond donors (Lipinski definition) is 0. The SMILES string of the molecule is CN(c1ccc(F)cc1)c1nnc(N(C)c2ccc(F)cc2)n1C. The highest BCUT2D eigenvalue weighted by atomic mass is 19.1. The summed E-state index contributed by atoms with van der Waals surface area (Å²) in [5.41, 5.74) is 1.59. The molecule has 3 aromatic rings. The number of rotatable bonds is 4. The van der Waals surface area contributed by atoms with Crippen LogP contribution in [0.1, 0.15) is 0 Å². The lowest BCUT2D eigenvalue weighted by atomic mass is 10.3. The first-order valence-corrected chi connectivity index (χ1v) is 7.35. The summed E-state index contributed by atoms with van der Waals surface area (Å²) >= 11 is 0. The molecular weight excluding hydrogens is 312 g/mol. The lowest BCUT2D eigenvalue weighted by molar-refractivity contribution is 0.627. The van der Waals surface area contributed by atoms with Gasteiger partial charge in [-0.15, -0.1) is 10.2 Å². The van der Waals surface area contributed by atoms with Gasteiger partial charge < -0.3 is 9.80 Å². The molecule has 0 aliphatic carbocycles. The van der Waals surface area contributed by atoms with Crippen molar-refractivity contribution in [1.82, 2.24) is 14.8 Å². The zero-order valence-corrected chi connectivity index (χ0v) is 13.6. The van der Waals surface area contributed by atoms with Crippen LogP contribution >= 0.6 is 0 Å². The molecule has 124 valence electrons. The van der Waals surface area contributed by atoms with Crippen LogP contribution in [0.2, 0.25) is 0 Å². The van der Waals surface area contributed by atoms with Crippen molar-refractivity contribution in [3.05, 3.63) is 60.2 Å². The molecule has 0 spiro atoms. The minimum absolute atomic E-state index is 0.290. The maximum absolute atomic E-state index is 13.1. The van der Waals surface area contributed by atoms with Gasteiger partial charge in [-0.3, -0.25) is 4.57 Å². The van der Waals surface area contributed by atoms with Crippen molar-refractivity contribution >= 4 is 23.3 Å². The molecule has 0 aliphatic rings. The summed E-state index contributed by atoms with van der Waals surface area (Å²) in [6.45, 7) is 0. The van der Waals surface area contributed by atoms with Crippen LogP contribution in [-0.2, 0) is 7.05 Å². The van der Waals surface area contributed by atoms with E-state index in [0.717, 1.165) is 11.4 Å². The van der Waals surface area contributed by atoms with Crippen molar-refractivity contribution in [2.75, 3.05) is 23.9 Å². The molecule has 0 fully saturated rings. The maximum Gasteiger partial charge on any atom is 0.232 e. The average molecular weight is 329 g/mol. The van der Waals surface area contributed by atoms with E-state index in [1.807, 2.05) is 35.5 Å². The minimum atomic E-state index is -0.290. The van der Waals surface area contributed by atoms with Gasteiger partial charge in [0.2, 0.25) is 11.9 Å². The molecular formula is C17H17F2N5. The van der Waals surface area contributed by atoms with Crippen LogP contribution in [0.3, 0.4) is 0 Å². The fourth-order valence-electron chi connectivity index (χ4n) is 2.46. The molecule has 0 amide bonds. The Labute approximate surface area is 138 Å². The predicted octanol–water partition coefficient (Wildman–Crippen LogP) is 3.63. The predicted molar refractivity (Wildman–Crippen MR) is 89.9 cm³/mol. The summed E-state index contributed by atoms with van der Waals surface area (Å²) in [6.07, 6.45) is 0. The Morgan fingerprint density at radius 1 is 0.708 bits per heavy atom. The molecule has 0 saturated heterocycles. The lowest BCUT2D eigenvalue weighted by Crippen LogP contribution is -2.18. The topological polar surface area (TPSA) is 37.2 Å². The van der Waals surface area contributed by atoms with E-state index in [1.54, 1.807) is 24.3 Å². The summed E-state index contributed by atoms with van der Waals surface area (Å²) in [7, 11) is 5.50. The van der Waals surface area contributed by atoms with Crippen LogP contribution in [0.4, 0.5) is 32.1 Å². The lowest BCUT2D eigenvalue weighted by Gasteiger charge is -2.21. The number of anilines is 4. The molecule has 0 radical (unpaired) electrons. The summed E-state index contributed by atoms with van der Waals surface area (Å²) in [5, 5.41) is 8.42. The van der Waals surface area contributed by atoms with E-state index >= 15 is 0 Å². The summed E-state index contributed by atoms with van der Waals surface area (Å²) in [6, 6.07) is 12.3. The second kappa shape index (κ2) is 6.27. The highest BCUT2D eigenvalue weighted by Gasteiger charge is 2.17. The van der Waals surface area contributed by atoms with Crippen molar-refractivity contribution < 1.29 is 8.78 Å². The molecule has 0 aliphatic heterocycles. The van der Waals surface area contributed by atoms with Gasteiger partial charge in [-0.2, -0.15) is 0 Å². The van der Waals surface area contributed by atoms with Gasteiger partial charge in [-0.05, 0) is 48.5 Å². The molecule has 24 heavy (non-hydrogen) atoms. The van der Waals surface area contributed by atoms with E-state index in [1.165, 1.54) is 24.3 Å². The zero-order chi connectivity index (χ0) is 17.3. The Kier molecular flexibility index (Phi) is 4.16. The molecule has 0 unspecified atom stereocenters. The smallest absolute Gasteiger partial charge is 0.232 e. The van der Waals surface area contributed by atoms with Gasteiger partial charge in [0.15, 0.2) is 0 Å². The van der Waals surface area contributed by atoms with E-state index in [0.29, 0.717) is 11.9 Å². The van der Waals surface area contributed by atoms with Crippen LogP contribution in [0, 0.1) is 11.6 Å². The summed E-state index contributed by atoms with van der Waals surface area (Å²) in [4.78, 5) is 3.63. The van der Waals surface area contributed by atoms with Crippen LogP contribution < -0.4 is 9.80 Å². The second-order valence-corrected chi connectivity index (χ2v) is 5.43. The Morgan fingerprint density at radius 2 is 1.04 bits per heavy atom. The average Bonchev–Trinajstić information content (AvgIpc) is 2.96. The Balaban J connectivity index is 1.90. The maximum atomic E-state index is 13.1. The molecule has 0 N–H and O–H groups in total. The number of halogens is 2. The Morgan fingerprint density at radius 3 is 1.38 bits per heavy atom. The highest BCUT2D eigenvalue weighted by Crippen LogP contribution is 2.27. The fraction of sp³-hybridized carbons (Fsp3) is 0.176. The number of nitrogens with zero attached hydrogens (tertiary/aromatic N) is 5. The molecule has 0 bridgehead atoms. The Bertz CT molecular complexity index is 758. The minimum Gasteiger partial charge on any atom is -0.314 e. The van der Waals surface area contributed by atoms with Crippen molar-refractivity contribution in [2.24, 2.45) is 7.05 Å². The van der Waals surface area contributed by atoms with Gasteiger partial charge in [0.25, 0.3) is 0 Å². The van der Waals surface area contributed by atoms with E-state index in [4.69, 9.17) is 0 Å². The number of benzene rings is 2. The van der Waals surface area contributed by atoms with Crippen LogP contribution in [0.5, 0.6) is 0 Å². The van der Waals surface area contributed by atoms with Gasteiger partial charge in [0.05, 0.1) is 0 Å². The third-order valence-electron chi connectivity index (χ3n) is 3.86. The van der Waals surface area contributed by atoms with Gasteiger partial charge >= 0.3 is 0 Å². The van der Waals surface area contributed by atoms with Crippen LogP contribution in [0.15, 0.2) is 48.5 Å². The number of hydrogen-bond acceptors (Lipinski definition) is 4. The van der Waals surface area contributed by atoms with Crippen molar-refractivity contribution in [1.29, 1.82) is 0 Å². The highest BCUT2D eigenvalue weighted by molar-refractivity contribution is 5.61. The van der Waals surface area contributed by atoms with Gasteiger partial charge in [0, 0.05) is 32.5 Å². The molecule has 1 aromatic heterocycles. The normalized spacial score (nSPS) is 10.7. The molecule has 0 atom stereocenters. The first-order valence-electron chi connectivity index (χ1n) is 7.35. The molecule has 1 heterocycles. The van der Waals surface area contributed by atoms with E-state index in [-0.39, 0.29) is 11.6 Å². The zero-order valence-electron chi connectivity index (χ0n) is 13.6. The van der Waals surface area contributed by atoms with Crippen molar-refractivity contribution in [2.45, 2.75) is 0 Å². The molecule has 5 nitrogen and oxygen atoms in total. The van der Waals surface area contributed by atoms with Crippen LogP contribution in [-0.4, -0.2) is 28.9 Å². The molecule has 3 rings (SSSR count). The monoisotopic (exact) mass is 329 g/mol. The van der Waals surface area contributed by atoms with E-state index in [2.05, 4.69) is 10.2 Å². The van der Waals surface area contributed by atoms with E-state index < -0.39 is 0 Å². The third kappa shape index (κ3) is 2.92. The fourth-order valence-corrected chi connectivity index (χ4v) is 2.46. The van der Waals surface area contributed by atoms with Gasteiger partial charge in [0.1, 0.15) is 11.6 Å². The molecule has 7 heteroatoms. The molecule has 0 saturated carbocycles. The number of aromatic nitrogens is 3. The quantitative estimate of drug-likeness (QED) is 0.732. The standard InChI is InChI=1S/C17H17F2N5/c1-22(14-8-4-12(18)5-9-14)16-20-21-17(24(16)3)23(2)15-10-6-13(19)7-11-15/h4-11H,1-3H3. The largest absolute Gasteiger partial charge is 0.314 e. The van der Waals surface area contributed by atoms with E-state index in [9.17, 15) is 8.78 Å². The van der Waals surface area contributed by atoms with Crippen LogP contribution in [0.25, 0.3) is 0 Å².